The van der Waals surface area contributed by atoms with Gasteiger partial charge in [0.05, 0.1) is 0 Å². The van der Waals surface area contributed by atoms with Crippen molar-refractivity contribution in [3.8, 4) is 0 Å². The number of carbonyl (C=O) groups is 1. The van der Waals surface area contributed by atoms with Crippen LogP contribution in [0.3, 0.4) is 0 Å². The molecule has 3 atom stereocenters. The minimum atomic E-state index is -0.699. The molecule has 0 radical (unpaired) electrons. The lowest BCUT2D eigenvalue weighted by atomic mass is 9.86. The zero-order chi connectivity index (χ0) is 13.1. The van der Waals surface area contributed by atoms with E-state index in [9.17, 15) is 4.79 Å². The molecule has 2 fully saturated rings. The molecule has 0 amide bonds. The molecule has 0 aromatic rings. The third kappa shape index (κ3) is 3.23. The Bertz CT molecular complexity index is 288. The molecule has 0 aromatic carbocycles. The second-order valence-electron chi connectivity index (χ2n) is 6.01. The third-order valence-corrected chi connectivity index (χ3v) is 4.68. The van der Waals surface area contributed by atoms with E-state index in [1.54, 1.807) is 6.92 Å². The first kappa shape index (κ1) is 13.8. The van der Waals surface area contributed by atoms with Gasteiger partial charge in [-0.1, -0.05) is 19.8 Å². The van der Waals surface area contributed by atoms with Crippen LogP contribution in [-0.2, 0) is 4.79 Å². The molecule has 1 aliphatic carbocycles. The van der Waals surface area contributed by atoms with Crippen molar-refractivity contribution in [2.45, 2.75) is 51.6 Å². The minimum Gasteiger partial charge on any atom is -0.480 e. The summed E-state index contributed by atoms with van der Waals surface area (Å²) in [7, 11) is 0. The van der Waals surface area contributed by atoms with E-state index >= 15 is 0 Å². The van der Waals surface area contributed by atoms with Gasteiger partial charge in [-0.3, -0.25) is 14.6 Å². The van der Waals surface area contributed by atoms with Gasteiger partial charge in [-0.05, 0) is 25.7 Å². The normalized spacial score (nSPS) is 33.2. The van der Waals surface area contributed by atoms with Crippen LogP contribution in [0, 0.1) is 5.92 Å². The molecule has 18 heavy (non-hydrogen) atoms. The van der Waals surface area contributed by atoms with E-state index in [4.69, 9.17) is 5.11 Å². The molecule has 104 valence electrons. The minimum absolute atomic E-state index is 0.336. The zero-order valence-corrected chi connectivity index (χ0v) is 11.6. The molecule has 1 saturated carbocycles. The van der Waals surface area contributed by atoms with Crippen LogP contribution in [0.1, 0.15) is 39.5 Å². The summed E-state index contributed by atoms with van der Waals surface area (Å²) in [6.45, 7) is 8.02. The van der Waals surface area contributed by atoms with Gasteiger partial charge in [0.1, 0.15) is 6.04 Å². The van der Waals surface area contributed by atoms with Crippen LogP contribution >= 0.6 is 0 Å². The smallest absolute Gasteiger partial charge is 0.320 e. The first-order chi connectivity index (χ1) is 8.58. The number of hydrogen-bond donors (Lipinski definition) is 1. The van der Waals surface area contributed by atoms with E-state index in [-0.39, 0.29) is 6.04 Å². The van der Waals surface area contributed by atoms with Crippen molar-refractivity contribution in [3.63, 3.8) is 0 Å². The van der Waals surface area contributed by atoms with Crippen LogP contribution in [0.5, 0.6) is 0 Å². The van der Waals surface area contributed by atoms with E-state index in [1.165, 1.54) is 25.7 Å². The van der Waals surface area contributed by atoms with E-state index in [0.29, 0.717) is 0 Å². The maximum absolute atomic E-state index is 11.0. The summed E-state index contributed by atoms with van der Waals surface area (Å²) < 4.78 is 0. The lowest BCUT2D eigenvalue weighted by molar-refractivity contribution is -0.143. The molecule has 4 nitrogen and oxygen atoms in total. The van der Waals surface area contributed by atoms with Crippen molar-refractivity contribution in [2.75, 3.05) is 26.2 Å². The highest BCUT2D eigenvalue weighted by molar-refractivity contribution is 5.72. The van der Waals surface area contributed by atoms with Crippen LogP contribution in [-0.4, -0.2) is 59.1 Å². The number of nitrogens with zero attached hydrogens (tertiary/aromatic N) is 2. The van der Waals surface area contributed by atoms with Crippen molar-refractivity contribution in [3.05, 3.63) is 0 Å². The maximum Gasteiger partial charge on any atom is 0.320 e. The highest BCUT2D eigenvalue weighted by atomic mass is 16.4. The number of piperazine rings is 1. The molecule has 2 rings (SSSR count). The third-order valence-electron chi connectivity index (χ3n) is 4.68. The van der Waals surface area contributed by atoms with Gasteiger partial charge >= 0.3 is 5.97 Å². The quantitative estimate of drug-likeness (QED) is 0.832. The fourth-order valence-corrected chi connectivity index (χ4v) is 3.38. The van der Waals surface area contributed by atoms with Gasteiger partial charge in [-0.2, -0.15) is 0 Å². The Kier molecular flexibility index (Phi) is 4.62. The highest BCUT2D eigenvalue weighted by Gasteiger charge is 2.30. The first-order valence-electron chi connectivity index (χ1n) is 7.29. The van der Waals surface area contributed by atoms with Crippen LogP contribution in [0.15, 0.2) is 0 Å². The van der Waals surface area contributed by atoms with Gasteiger partial charge in [-0.15, -0.1) is 0 Å². The summed E-state index contributed by atoms with van der Waals surface area (Å²) in [5.74, 6) is 0.162. The van der Waals surface area contributed by atoms with E-state index in [2.05, 4.69) is 16.7 Å². The van der Waals surface area contributed by atoms with Crippen LogP contribution < -0.4 is 0 Å². The lowest BCUT2D eigenvalue weighted by Gasteiger charge is -2.42. The molecule has 0 bridgehead atoms. The second kappa shape index (κ2) is 6.02. The molecule has 4 heteroatoms. The Morgan fingerprint density at radius 1 is 1.22 bits per heavy atom. The summed E-state index contributed by atoms with van der Waals surface area (Å²) in [5, 5.41) is 9.03. The summed E-state index contributed by atoms with van der Waals surface area (Å²) in [4.78, 5) is 15.6. The molecule has 1 saturated heterocycles. The SMILES string of the molecule is CC1CCCC(N2CCN(C(C)C(=O)O)CC2)C1. The van der Waals surface area contributed by atoms with Crippen LogP contribution in [0.2, 0.25) is 0 Å². The monoisotopic (exact) mass is 254 g/mol. The van der Waals surface area contributed by atoms with Crippen molar-refractivity contribution < 1.29 is 9.90 Å². The Morgan fingerprint density at radius 3 is 2.44 bits per heavy atom. The molecule has 1 aliphatic heterocycles. The molecular weight excluding hydrogens is 228 g/mol. The summed E-state index contributed by atoms with van der Waals surface area (Å²) in [5.41, 5.74) is 0. The lowest BCUT2D eigenvalue weighted by Crippen LogP contribution is -2.54. The van der Waals surface area contributed by atoms with E-state index in [1.807, 2.05) is 0 Å². The average molecular weight is 254 g/mol. The summed E-state index contributed by atoms with van der Waals surface area (Å²) >= 11 is 0. The molecule has 1 N–H and O–H groups in total. The van der Waals surface area contributed by atoms with Crippen molar-refractivity contribution in [1.82, 2.24) is 9.80 Å². The number of hydrogen-bond acceptors (Lipinski definition) is 3. The van der Waals surface area contributed by atoms with Gasteiger partial charge < -0.3 is 5.11 Å². The number of aliphatic carboxylic acids is 1. The fraction of sp³-hybridized carbons (Fsp3) is 0.929. The summed E-state index contributed by atoms with van der Waals surface area (Å²) in [6.07, 6.45) is 5.40. The number of carboxylic acids is 1. The molecule has 3 unspecified atom stereocenters. The standard InChI is InChI=1S/C14H26N2O2/c1-11-4-3-5-13(10-11)16-8-6-15(7-9-16)12(2)14(17)18/h11-13H,3-10H2,1-2H3,(H,17,18). The zero-order valence-electron chi connectivity index (χ0n) is 11.6. The first-order valence-corrected chi connectivity index (χ1v) is 7.29. The van der Waals surface area contributed by atoms with E-state index < -0.39 is 5.97 Å². The highest BCUT2D eigenvalue weighted by Crippen LogP contribution is 2.28. The van der Waals surface area contributed by atoms with Gasteiger partial charge in [0.15, 0.2) is 0 Å². The maximum atomic E-state index is 11.0. The topological polar surface area (TPSA) is 43.8 Å². The van der Waals surface area contributed by atoms with Crippen molar-refractivity contribution in [2.24, 2.45) is 5.92 Å². The largest absolute Gasteiger partial charge is 0.480 e. The predicted molar refractivity (Wildman–Crippen MR) is 71.7 cm³/mol. The molecule has 2 aliphatic rings. The predicted octanol–water partition coefficient (Wildman–Crippen LogP) is 1.66. The second-order valence-corrected chi connectivity index (χ2v) is 6.01. The van der Waals surface area contributed by atoms with E-state index in [0.717, 1.165) is 38.1 Å². The molecule has 0 aromatic heterocycles. The molecular formula is C14H26N2O2. The van der Waals surface area contributed by atoms with Gasteiger partial charge in [0.2, 0.25) is 0 Å². The summed E-state index contributed by atoms with van der Waals surface area (Å²) in [6, 6.07) is 0.411. The fourth-order valence-electron chi connectivity index (χ4n) is 3.38. The molecule has 0 spiro atoms. The Hall–Kier alpha value is -0.610. The van der Waals surface area contributed by atoms with Gasteiger partial charge in [0.25, 0.3) is 0 Å². The number of carboxylic acid groups (broad SMARTS) is 1. The Balaban J connectivity index is 1.81. The van der Waals surface area contributed by atoms with Crippen LogP contribution in [0.25, 0.3) is 0 Å². The number of rotatable bonds is 3. The Labute approximate surface area is 110 Å². The average Bonchev–Trinajstić information content (AvgIpc) is 2.38. The van der Waals surface area contributed by atoms with Gasteiger partial charge in [-0.25, -0.2) is 0 Å². The Morgan fingerprint density at radius 2 is 1.89 bits per heavy atom. The van der Waals surface area contributed by atoms with Crippen molar-refractivity contribution >= 4 is 5.97 Å². The van der Waals surface area contributed by atoms with Gasteiger partial charge in [0, 0.05) is 32.2 Å². The molecule has 1 heterocycles. The van der Waals surface area contributed by atoms with Crippen molar-refractivity contribution in [1.29, 1.82) is 0 Å². The van der Waals surface area contributed by atoms with Crippen LogP contribution in [0.4, 0.5) is 0 Å².